The van der Waals surface area contributed by atoms with E-state index in [1.807, 2.05) is 35.2 Å². The number of carbonyl (C=O) groups excluding carboxylic acids is 2. The fourth-order valence-corrected chi connectivity index (χ4v) is 5.79. The number of hydrogen-bond acceptors (Lipinski definition) is 4. The Labute approximate surface area is 213 Å². The molecule has 2 saturated heterocycles. The summed E-state index contributed by atoms with van der Waals surface area (Å²) >= 11 is 0. The lowest BCUT2D eigenvalue weighted by Gasteiger charge is -2.45. The maximum Gasteiger partial charge on any atom is 0.289 e. The fraction of sp³-hybridized carbons (Fsp3) is 0.467. The molecule has 190 valence electrons. The van der Waals surface area contributed by atoms with Crippen LogP contribution in [0.1, 0.15) is 49.7 Å². The number of nitrogens with zero attached hydrogens (tertiary/aromatic N) is 2. The number of hydrogen-bond donors (Lipinski definition) is 0. The Balaban J connectivity index is 1.24. The van der Waals surface area contributed by atoms with Crippen molar-refractivity contribution in [3.05, 3.63) is 71.5 Å². The second-order valence-electron chi connectivity index (χ2n) is 10.2. The molecule has 2 atom stereocenters. The van der Waals surface area contributed by atoms with E-state index in [9.17, 15) is 9.59 Å². The zero-order chi connectivity index (χ0) is 24.9. The van der Waals surface area contributed by atoms with Crippen molar-refractivity contribution in [3.63, 3.8) is 0 Å². The van der Waals surface area contributed by atoms with E-state index >= 15 is 0 Å². The van der Waals surface area contributed by atoms with E-state index in [1.54, 1.807) is 18.1 Å². The molecule has 3 aliphatic rings. The Morgan fingerprint density at radius 1 is 1.00 bits per heavy atom. The molecule has 2 amide bonds. The molecule has 0 spiro atoms. The second kappa shape index (κ2) is 11.2. The number of carbonyl (C=O) groups is 2. The molecule has 36 heavy (non-hydrogen) atoms. The Kier molecular flexibility index (Phi) is 7.59. The Bertz CT molecular complexity index is 1070. The van der Waals surface area contributed by atoms with Crippen LogP contribution in [0.5, 0.6) is 5.75 Å². The van der Waals surface area contributed by atoms with Gasteiger partial charge in [0.05, 0.1) is 13.2 Å². The number of ether oxygens (including phenoxy) is 2. The quantitative estimate of drug-likeness (QED) is 0.554. The summed E-state index contributed by atoms with van der Waals surface area (Å²) in [5, 5.41) is 0. The molecule has 2 aromatic carbocycles. The molecule has 0 bridgehead atoms. The number of piperidine rings is 1. The molecular formula is C30H36N2O4. The average molecular weight is 489 g/mol. The summed E-state index contributed by atoms with van der Waals surface area (Å²) in [6.07, 6.45) is 8.76. The number of morpholine rings is 1. The number of methoxy groups -OCH3 is 1. The van der Waals surface area contributed by atoms with Gasteiger partial charge in [0.1, 0.15) is 18.4 Å². The van der Waals surface area contributed by atoms with Crippen LogP contribution in [0.25, 0.3) is 6.08 Å². The molecule has 3 fully saturated rings. The van der Waals surface area contributed by atoms with Crippen molar-refractivity contribution in [1.29, 1.82) is 0 Å². The zero-order valence-corrected chi connectivity index (χ0v) is 21.1. The summed E-state index contributed by atoms with van der Waals surface area (Å²) in [7, 11) is 1.63. The highest BCUT2D eigenvalue weighted by molar-refractivity contribution is 5.98. The molecule has 2 heterocycles. The van der Waals surface area contributed by atoms with Gasteiger partial charge in [-0.15, -0.1) is 0 Å². The summed E-state index contributed by atoms with van der Waals surface area (Å²) in [5.74, 6) is 1.57. The van der Waals surface area contributed by atoms with Gasteiger partial charge in [-0.2, -0.15) is 0 Å². The van der Waals surface area contributed by atoms with Gasteiger partial charge < -0.3 is 19.3 Å². The van der Waals surface area contributed by atoms with Gasteiger partial charge in [-0.05, 0) is 73.8 Å². The van der Waals surface area contributed by atoms with Gasteiger partial charge >= 0.3 is 0 Å². The lowest BCUT2D eigenvalue weighted by molar-refractivity contribution is -0.154. The van der Waals surface area contributed by atoms with Crippen molar-refractivity contribution in [2.45, 2.75) is 57.1 Å². The van der Waals surface area contributed by atoms with Crippen LogP contribution in [-0.2, 0) is 20.7 Å². The van der Waals surface area contributed by atoms with Crippen LogP contribution >= 0.6 is 0 Å². The van der Waals surface area contributed by atoms with Crippen LogP contribution < -0.4 is 4.74 Å². The number of rotatable bonds is 6. The predicted octanol–water partition coefficient (Wildman–Crippen LogP) is 4.69. The SMILES string of the molecule is COc1ccc(/C=C2\OC3CCCCC3N(CC(=O)N3CCC(Cc4ccccc4)CC3)C2=O)cc1. The van der Waals surface area contributed by atoms with Crippen molar-refractivity contribution < 1.29 is 19.1 Å². The molecule has 1 aliphatic carbocycles. The predicted molar refractivity (Wildman–Crippen MR) is 139 cm³/mol. The van der Waals surface area contributed by atoms with Crippen LogP contribution in [-0.4, -0.2) is 60.5 Å². The number of likely N-dealkylation sites (tertiary alicyclic amines) is 1. The highest BCUT2D eigenvalue weighted by atomic mass is 16.5. The second-order valence-corrected chi connectivity index (χ2v) is 10.2. The molecule has 6 heteroatoms. The molecule has 5 rings (SSSR count). The number of fused-ring (bicyclic) bond motifs is 1. The van der Waals surface area contributed by atoms with Crippen molar-refractivity contribution >= 4 is 17.9 Å². The third-order valence-corrected chi connectivity index (χ3v) is 7.87. The minimum absolute atomic E-state index is 0.0289. The Hall–Kier alpha value is -3.28. The van der Waals surface area contributed by atoms with Crippen LogP contribution in [0, 0.1) is 5.92 Å². The molecule has 1 saturated carbocycles. The van der Waals surface area contributed by atoms with E-state index in [-0.39, 0.29) is 30.5 Å². The first kappa shape index (κ1) is 24.4. The van der Waals surface area contributed by atoms with Crippen LogP contribution in [0.3, 0.4) is 0 Å². The largest absolute Gasteiger partial charge is 0.497 e. The van der Waals surface area contributed by atoms with E-state index in [4.69, 9.17) is 9.47 Å². The van der Waals surface area contributed by atoms with Crippen molar-refractivity contribution in [2.75, 3.05) is 26.7 Å². The third kappa shape index (κ3) is 5.58. The van der Waals surface area contributed by atoms with Gasteiger partial charge in [-0.1, -0.05) is 48.9 Å². The highest BCUT2D eigenvalue weighted by Crippen LogP contribution is 2.33. The van der Waals surface area contributed by atoms with Crippen LogP contribution in [0.2, 0.25) is 0 Å². The van der Waals surface area contributed by atoms with Crippen molar-refractivity contribution in [2.24, 2.45) is 5.92 Å². The zero-order valence-electron chi connectivity index (χ0n) is 21.1. The maximum atomic E-state index is 13.5. The molecule has 0 aromatic heterocycles. The number of amides is 2. The van der Waals surface area contributed by atoms with E-state index in [2.05, 4.69) is 24.3 Å². The van der Waals surface area contributed by atoms with Gasteiger partial charge in [0.2, 0.25) is 5.91 Å². The Morgan fingerprint density at radius 3 is 2.44 bits per heavy atom. The summed E-state index contributed by atoms with van der Waals surface area (Å²) in [6.45, 7) is 1.65. The monoisotopic (exact) mass is 488 g/mol. The van der Waals surface area contributed by atoms with Crippen LogP contribution in [0.4, 0.5) is 0 Å². The van der Waals surface area contributed by atoms with E-state index < -0.39 is 0 Å². The first-order valence-corrected chi connectivity index (χ1v) is 13.3. The molecule has 0 N–H and O–H groups in total. The standard InChI is InChI=1S/C30H36N2O4/c1-35-25-13-11-23(12-14-25)20-28-30(34)32(26-9-5-6-10-27(26)36-28)21-29(33)31-17-15-24(16-18-31)19-22-7-3-2-4-8-22/h2-4,7-8,11-14,20,24,26-27H,5-6,9-10,15-19,21H2,1H3/b28-20-. The van der Waals surface area contributed by atoms with E-state index in [0.717, 1.165) is 69.3 Å². The first-order valence-electron chi connectivity index (χ1n) is 13.3. The van der Waals surface area contributed by atoms with Gasteiger partial charge in [0, 0.05) is 13.1 Å². The van der Waals surface area contributed by atoms with Gasteiger partial charge in [0.25, 0.3) is 5.91 Å². The molecule has 2 unspecified atom stereocenters. The minimum Gasteiger partial charge on any atom is -0.497 e. The summed E-state index contributed by atoms with van der Waals surface area (Å²) < 4.78 is 11.4. The Morgan fingerprint density at radius 2 is 1.72 bits per heavy atom. The van der Waals surface area contributed by atoms with Gasteiger partial charge in [-0.3, -0.25) is 9.59 Å². The summed E-state index contributed by atoms with van der Waals surface area (Å²) in [6, 6.07) is 18.1. The fourth-order valence-electron chi connectivity index (χ4n) is 5.79. The van der Waals surface area contributed by atoms with E-state index in [1.165, 1.54) is 5.56 Å². The molecule has 2 aliphatic heterocycles. The summed E-state index contributed by atoms with van der Waals surface area (Å²) in [5.41, 5.74) is 2.24. The summed E-state index contributed by atoms with van der Waals surface area (Å²) in [4.78, 5) is 30.6. The molecule has 6 nitrogen and oxygen atoms in total. The maximum absolute atomic E-state index is 13.5. The highest BCUT2D eigenvalue weighted by Gasteiger charge is 2.42. The lowest BCUT2D eigenvalue weighted by atomic mass is 9.89. The first-order chi connectivity index (χ1) is 17.6. The van der Waals surface area contributed by atoms with E-state index in [0.29, 0.717) is 11.7 Å². The smallest absolute Gasteiger partial charge is 0.289 e. The molecule has 0 radical (unpaired) electrons. The van der Waals surface area contributed by atoms with Crippen LogP contribution in [0.15, 0.2) is 60.4 Å². The van der Waals surface area contributed by atoms with Gasteiger partial charge in [-0.25, -0.2) is 0 Å². The lowest BCUT2D eigenvalue weighted by Crippen LogP contribution is -2.57. The average Bonchev–Trinajstić information content (AvgIpc) is 2.92. The minimum atomic E-state index is -0.179. The van der Waals surface area contributed by atoms with Crippen molar-refractivity contribution in [1.82, 2.24) is 9.80 Å². The van der Waals surface area contributed by atoms with Crippen molar-refractivity contribution in [3.8, 4) is 5.75 Å². The topological polar surface area (TPSA) is 59.1 Å². The van der Waals surface area contributed by atoms with Gasteiger partial charge in [0.15, 0.2) is 5.76 Å². The molecular weight excluding hydrogens is 452 g/mol. The third-order valence-electron chi connectivity index (χ3n) is 7.87. The normalized spacial score (nSPS) is 23.8. The molecule has 2 aromatic rings. The number of benzene rings is 2.